The molecule has 3 aromatic rings. The maximum atomic E-state index is 15.2. The quantitative estimate of drug-likeness (QED) is 0.705. The molecule has 0 aliphatic carbocycles. The second kappa shape index (κ2) is 6.21. The van der Waals surface area contributed by atoms with E-state index in [-0.39, 0.29) is 12.6 Å². The molecule has 0 unspecified atom stereocenters. The van der Waals surface area contributed by atoms with Gasteiger partial charge in [0.1, 0.15) is 28.8 Å². The van der Waals surface area contributed by atoms with Crippen LogP contribution in [0.25, 0.3) is 22.1 Å². The molecule has 0 spiro atoms. The first kappa shape index (κ1) is 17.8. The van der Waals surface area contributed by atoms with Crippen molar-refractivity contribution in [3.8, 4) is 0 Å². The van der Waals surface area contributed by atoms with E-state index in [1.165, 1.54) is 4.90 Å². The number of carbonyl (C=O) groups is 1. The summed E-state index contributed by atoms with van der Waals surface area (Å²) in [6, 6.07) is 1.56. The number of nitrogens with zero attached hydrogens (tertiary/aromatic N) is 4. The monoisotopic (exact) mass is 373 g/mol. The Morgan fingerprint density at radius 2 is 2.19 bits per heavy atom. The average Bonchev–Trinajstić information content (AvgIpc) is 3.16. The Bertz CT molecular complexity index is 1000. The number of aromatic amines is 1. The molecule has 1 N–H and O–H groups in total. The van der Waals surface area contributed by atoms with E-state index in [0.717, 1.165) is 27.9 Å². The SMILES string of the molecule is Cc1nc2cnc3[nH]ccc3c2n1[C@H]1CCN(C(=O)OC(C)(C)C)C[C@@H]1F. The molecule has 27 heavy (non-hydrogen) atoms. The van der Waals surface area contributed by atoms with Crippen molar-refractivity contribution in [2.45, 2.75) is 51.9 Å². The molecule has 0 aromatic carbocycles. The largest absolute Gasteiger partial charge is 0.444 e. The third-order valence-corrected chi connectivity index (χ3v) is 4.90. The number of hydrogen-bond acceptors (Lipinski definition) is 4. The van der Waals surface area contributed by atoms with Gasteiger partial charge in [-0.1, -0.05) is 0 Å². The number of hydrogen-bond donors (Lipinski definition) is 1. The maximum Gasteiger partial charge on any atom is 0.410 e. The number of amides is 1. The van der Waals surface area contributed by atoms with Gasteiger partial charge in [0.2, 0.25) is 0 Å². The number of ether oxygens (including phenoxy) is 1. The summed E-state index contributed by atoms with van der Waals surface area (Å²) >= 11 is 0. The molecule has 1 saturated heterocycles. The number of piperidine rings is 1. The van der Waals surface area contributed by atoms with Gasteiger partial charge >= 0.3 is 6.09 Å². The van der Waals surface area contributed by atoms with Crippen LogP contribution in [0.3, 0.4) is 0 Å². The van der Waals surface area contributed by atoms with Crippen LogP contribution in [0.15, 0.2) is 18.5 Å². The first-order valence-corrected chi connectivity index (χ1v) is 9.17. The number of likely N-dealkylation sites (tertiary alicyclic amines) is 1. The summed E-state index contributed by atoms with van der Waals surface area (Å²) in [4.78, 5) is 25.8. The fraction of sp³-hybridized carbons (Fsp3) is 0.526. The highest BCUT2D eigenvalue weighted by molar-refractivity contribution is 6.01. The molecule has 144 valence electrons. The Kier molecular flexibility index (Phi) is 4.09. The molecule has 7 nitrogen and oxygen atoms in total. The Balaban J connectivity index is 1.65. The number of rotatable bonds is 1. The van der Waals surface area contributed by atoms with E-state index in [4.69, 9.17) is 4.74 Å². The zero-order valence-corrected chi connectivity index (χ0v) is 16.0. The number of imidazole rings is 1. The summed E-state index contributed by atoms with van der Waals surface area (Å²) in [5.74, 6) is 0.749. The molecular formula is C19H24FN5O2. The van der Waals surface area contributed by atoms with E-state index in [2.05, 4.69) is 15.0 Å². The summed E-state index contributed by atoms with van der Waals surface area (Å²) in [5, 5.41) is 0.926. The van der Waals surface area contributed by atoms with E-state index in [0.29, 0.717) is 13.0 Å². The molecule has 4 rings (SSSR count). The van der Waals surface area contributed by atoms with Crippen molar-refractivity contribution in [1.82, 2.24) is 24.4 Å². The second-order valence-electron chi connectivity index (χ2n) is 8.06. The maximum absolute atomic E-state index is 15.2. The lowest BCUT2D eigenvalue weighted by Gasteiger charge is -2.36. The Hall–Kier alpha value is -2.64. The van der Waals surface area contributed by atoms with Gasteiger partial charge in [-0.05, 0) is 40.2 Å². The molecular weight excluding hydrogens is 349 g/mol. The van der Waals surface area contributed by atoms with Crippen molar-refractivity contribution >= 4 is 28.2 Å². The van der Waals surface area contributed by atoms with Crippen LogP contribution >= 0.6 is 0 Å². The van der Waals surface area contributed by atoms with Gasteiger partial charge in [0, 0.05) is 18.1 Å². The van der Waals surface area contributed by atoms with Gasteiger partial charge in [-0.25, -0.2) is 19.2 Å². The number of halogens is 1. The van der Waals surface area contributed by atoms with E-state index < -0.39 is 17.9 Å². The van der Waals surface area contributed by atoms with E-state index in [9.17, 15) is 4.79 Å². The highest BCUT2D eigenvalue weighted by atomic mass is 19.1. The van der Waals surface area contributed by atoms with Gasteiger partial charge in [-0.3, -0.25) is 0 Å². The van der Waals surface area contributed by atoms with Crippen molar-refractivity contribution in [3.05, 3.63) is 24.3 Å². The normalized spacial score (nSPS) is 21.1. The van der Waals surface area contributed by atoms with Crippen LogP contribution < -0.4 is 0 Å². The molecule has 1 aliphatic heterocycles. The lowest BCUT2D eigenvalue weighted by molar-refractivity contribution is 0.00694. The van der Waals surface area contributed by atoms with Gasteiger partial charge in [-0.15, -0.1) is 0 Å². The van der Waals surface area contributed by atoms with Crippen LogP contribution in [0, 0.1) is 6.92 Å². The summed E-state index contributed by atoms with van der Waals surface area (Å²) in [6.07, 6.45) is 2.36. The van der Waals surface area contributed by atoms with E-state index >= 15 is 4.39 Å². The number of pyridine rings is 1. The van der Waals surface area contributed by atoms with Gasteiger partial charge in [0.05, 0.1) is 24.3 Å². The number of nitrogens with one attached hydrogen (secondary N) is 1. The fourth-order valence-corrected chi connectivity index (χ4v) is 3.79. The number of aryl methyl sites for hydroxylation is 1. The van der Waals surface area contributed by atoms with E-state index in [1.807, 2.05) is 44.5 Å². The van der Waals surface area contributed by atoms with Gasteiger partial charge in [0.15, 0.2) is 0 Å². The van der Waals surface area contributed by atoms with Gasteiger partial charge in [-0.2, -0.15) is 0 Å². The zero-order valence-electron chi connectivity index (χ0n) is 16.0. The summed E-state index contributed by atoms with van der Waals surface area (Å²) < 4.78 is 22.5. The topological polar surface area (TPSA) is 76.0 Å². The fourth-order valence-electron chi connectivity index (χ4n) is 3.79. The standard InChI is InChI=1S/C19H24FN5O2/c1-11-23-14-9-22-17-12(5-7-21-17)16(14)25(11)15-6-8-24(10-13(15)20)18(26)27-19(2,3)4/h5,7,9,13,15H,6,8,10H2,1-4H3,(H,21,22)/t13-,15-/m0/s1. The van der Waals surface area contributed by atoms with Crippen LogP contribution in [0.5, 0.6) is 0 Å². The first-order chi connectivity index (χ1) is 12.7. The number of alkyl halides is 1. The van der Waals surface area contributed by atoms with Crippen molar-refractivity contribution in [2.75, 3.05) is 13.1 Å². The number of carbonyl (C=O) groups excluding carboxylic acids is 1. The van der Waals surface area contributed by atoms with Crippen LogP contribution in [0.4, 0.5) is 9.18 Å². The average molecular weight is 373 g/mol. The zero-order chi connectivity index (χ0) is 19.3. The second-order valence-corrected chi connectivity index (χ2v) is 8.06. The summed E-state index contributed by atoms with van der Waals surface area (Å²) in [5.41, 5.74) is 1.80. The smallest absolute Gasteiger partial charge is 0.410 e. The Labute approximate surface area is 156 Å². The Morgan fingerprint density at radius 3 is 2.89 bits per heavy atom. The van der Waals surface area contributed by atoms with Gasteiger partial charge < -0.3 is 19.2 Å². The lowest BCUT2D eigenvalue weighted by Crippen LogP contribution is -2.47. The number of aromatic nitrogens is 4. The third kappa shape index (κ3) is 3.13. The summed E-state index contributed by atoms with van der Waals surface area (Å²) in [6.45, 7) is 7.76. The lowest BCUT2D eigenvalue weighted by atomic mass is 10.0. The molecule has 0 bridgehead atoms. The van der Waals surface area contributed by atoms with Crippen LogP contribution in [0.2, 0.25) is 0 Å². The minimum absolute atomic E-state index is 0.0139. The molecule has 4 heterocycles. The minimum atomic E-state index is -1.20. The number of fused-ring (bicyclic) bond motifs is 3. The minimum Gasteiger partial charge on any atom is -0.444 e. The molecule has 1 amide bonds. The Morgan fingerprint density at radius 1 is 1.41 bits per heavy atom. The number of H-pyrrole nitrogens is 1. The predicted octanol–water partition coefficient (Wildman–Crippen LogP) is 3.74. The third-order valence-electron chi connectivity index (χ3n) is 4.90. The molecule has 0 saturated carbocycles. The molecule has 8 heteroatoms. The van der Waals surface area contributed by atoms with Crippen molar-refractivity contribution < 1.29 is 13.9 Å². The highest BCUT2D eigenvalue weighted by Gasteiger charge is 2.36. The van der Waals surface area contributed by atoms with Crippen LogP contribution in [-0.4, -0.2) is 55.4 Å². The summed E-state index contributed by atoms with van der Waals surface area (Å²) in [7, 11) is 0. The van der Waals surface area contributed by atoms with Crippen molar-refractivity contribution in [3.63, 3.8) is 0 Å². The van der Waals surface area contributed by atoms with Crippen molar-refractivity contribution in [2.24, 2.45) is 0 Å². The molecule has 1 fully saturated rings. The van der Waals surface area contributed by atoms with Crippen molar-refractivity contribution in [1.29, 1.82) is 0 Å². The highest BCUT2D eigenvalue weighted by Crippen LogP contribution is 2.33. The van der Waals surface area contributed by atoms with Gasteiger partial charge in [0.25, 0.3) is 0 Å². The molecule has 2 atom stereocenters. The molecule has 1 aliphatic rings. The first-order valence-electron chi connectivity index (χ1n) is 9.17. The molecule has 3 aromatic heterocycles. The predicted molar refractivity (Wildman–Crippen MR) is 100 cm³/mol. The molecule has 0 radical (unpaired) electrons. The van der Waals surface area contributed by atoms with E-state index in [1.54, 1.807) is 6.20 Å². The van der Waals surface area contributed by atoms with Crippen LogP contribution in [-0.2, 0) is 4.74 Å². The van der Waals surface area contributed by atoms with Crippen LogP contribution in [0.1, 0.15) is 39.1 Å².